The molecular weight excluding hydrogens is 228 g/mol. The van der Waals surface area contributed by atoms with E-state index in [4.69, 9.17) is 16.9 Å². The maximum absolute atomic E-state index is 8.97. The van der Waals surface area contributed by atoms with Crippen LogP contribution in [0.15, 0.2) is 29.2 Å². The molecule has 2 nitrogen and oxygen atoms in total. The minimum atomic E-state index is -0.510. The van der Waals surface area contributed by atoms with E-state index in [1.54, 1.807) is 18.8 Å². The lowest BCUT2D eigenvalue weighted by Gasteiger charge is -2.20. The number of hydrogen-bond donors (Lipinski definition) is 1. The van der Waals surface area contributed by atoms with Gasteiger partial charge in [-0.2, -0.15) is 5.26 Å². The fraction of sp³-hybridized carbons (Fsp3) is 0.364. The van der Waals surface area contributed by atoms with Crippen molar-refractivity contribution >= 4 is 23.4 Å². The molecular formula is C11H13ClN2S. The number of thioether (sulfide) groups is 1. The Morgan fingerprint density at radius 1 is 1.53 bits per heavy atom. The van der Waals surface area contributed by atoms with E-state index in [0.717, 1.165) is 9.92 Å². The van der Waals surface area contributed by atoms with E-state index in [1.165, 1.54) is 0 Å². The van der Waals surface area contributed by atoms with Crippen molar-refractivity contribution in [2.24, 2.45) is 0 Å². The predicted molar refractivity (Wildman–Crippen MR) is 65.3 cm³/mol. The lowest BCUT2D eigenvalue weighted by Crippen LogP contribution is -2.40. The Bertz CT molecular complexity index is 375. The van der Waals surface area contributed by atoms with Gasteiger partial charge in [0.2, 0.25) is 0 Å². The van der Waals surface area contributed by atoms with Gasteiger partial charge in [-0.1, -0.05) is 23.7 Å². The van der Waals surface area contributed by atoms with Crippen molar-refractivity contribution in [2.75, 3.05) is 12.8 Å². The number of halogens is 1. The van der Waals surface area contributed by atoms with Crippen molar-refractivity contribution in [1.82, 2.24) is 5.32 Å². The highest BCUT2D eigenvalue weighted by atomic mass is 35.5. The van der Waals surface area contributed by atoms with Gasteiger partial charge in [0.1, 0.15) is 5.54 Å². The first-order chi connectivity index (χ1) is 7.11. The molecule has 0 aromatic heterocycles. The summed E-state index contributed by atoms with van der Waals surface area (Å²) in [5, 5.41) is 12.7. The van der Waals surface area contributed by atoms with Crippen molar-refractivity contribution in [3.05, 3.63) is 29.3 Å². The summed E-state index contributed by atoms with van der Waals surface area (Å²) < 4.78 is 0. The zero-order valence-corrected chi connectivity index (χ0v) is 10.3. The number of rotatable bonds is 4. The Labute approximate surface area is 99.6 Å². The van der Waals surface area contributed by atoms with Gasteiger partial charge in [0.05, 0.1) is 11.1 Å². The molecule has 1 atom stereocenters. The molecule has 0 aliphatic carbocycles. The molecule has 1 rings (SSSR count). The first-order valence-corrected chi connectivity index (χ1v) is 5.95. The summed E-state index contributed by atoms with van der Waals surface area (Å²) >= 11 is 7.60. The molecule has 0 aliphatic rings. The second-order valence-corrected chi connectivity index (χ2v) is 4.84. The van der Waals surface area contributed by atoms with E-state index in [-0.39, 0.29) is 0 Å². The number of nitrogens with one attached hydrogen (secondary N) is 1. The van der Waals surface area contributed by atoms with E-state index in [9.17, 15) is 0 Å². The van der Waals surface area contributed by atoms with Crippen LogP contribution in [0.1, 0.15) is 6.92 Å². The summed E-state index contributed by atoms with van der Waals surface area (Å²) in [5.41, 5.74) is -0.510. The molecule has 0 heterocycles. The minimum absolute atomic E-state index is 0.510. The summed E-state index contributed by atoms with van der Waals surface area (Å²) in [4.78, 5) is 1.01. The Balaban J connectivity index is 2.66. The molecule has 0 amide bonds. The predicted octanol–water partition coefficient (Wildman–Crippen LogP) is 2.93. The molecule has 0 bridgehead atoms. The topological polar surface area (TPSA) is 35.8 Å². The summed E-state index contributed by atoms with van der Waals surface area (Å²) in [6.45, 7) is 1.87. The largest absolute Gasteiger partial charge is 0.302 e. The standard InChI is InChI=1S/C11H13ClN2S/c1-11(7-13,14-2)8-15-10-6-4-3-5-9(10)12/h3-6,14H,8H2,1-2H3. The van der Waals surface area contributed by atoms with Crippen molar-refractivity contribution in [2.45, 2.75) is 17.4 Å². The lowest BCUT2D eigenvalue weighted by molar-refractivity contribution is 0.550. The average Bonchev–Trinajstić information content (AvgIpc) is 2.28. The van der Waals surface area contributed by atoms with Crippen molar-refractivity contribution in [1.29, 1.82) is 5.26 Å². The normalized spacial score (nSPS) is 14.3. The molecule has 1 aromatic rings. The molecule has 1 unspecified atom stereocenters. The molecule has 80 valence electrons. The van der Waals surface area contributed by atoms with Crippen LogP contribution in [-0.4, -0.2) is 18.3 Å². The second kappa shape index (κ2) is 5.41. The van der Waals surface area contributed by atoms with Crippen molar-refractivity contribution < 1.29 is 0 Å². The molecule has 0 aliphatic heterocycles. The van der Waals surface area contributed by atoms with E-state index in [2.05, 4.69) is 11.4 Å². The van der Waals surface area contributed by atoms with Gasteiger partial charge in [-0.15, -0.1) is 11.8 Å². The first kappa shape index (κ1) is 12.4. The molecule has 0 fully saturated rings. The maximum atomic E-state index is 8.97. The Kier molecular flexibility index (Phi) is 4.46. The Hall–Kier alpha value is -0.690. The minimum Gasteiger partial charge on any atom is -0.302 e. The van der Waals surface area contributed by atoms with Crippen LogP contribution < -0.4 is 5.32 Å². The van der Waals surface area contributed by atoms with Crippen LogP contribution in [0.3, 0.4) is 0 Å². The molecule has 0 spiro atoms. The highest BCUT2D eigenvalue weighted by molar-refractivity contribution is 7.99. The van der Waals surface area contributed by atoms with Gasteiger partial charge >= 0.3 is 0 Å². The van der Waals surface area contributed by atoms with Gasteiger partial charge in [-0.3, -0.25) is 0 Å². The molecule has 1 N–H and O–H groups in total. The third-order valence-corrected chi connectivity index (χ3v) is 3.98. The fourth-order valence-corrected chi connectivity index (χ4v) is 2.28. The maximum Gasteiger partial charge on any atom is 0.113 e. The summed E-state index contributed by atoms with van der Waals surface area (Å²) in [5.74, 6) is 0.670. The smallest absolute Gasteiger partial charge is 0.113 e. The van der Waals surface area contributed by atoms with Crippen molar-refractivity contribution in [3.8, 4) is 6.07 Å². The van der Waals surface area contributed by atoms with Gasteiger partial charge in [0.15, 0.2) is 0 Å². The number of benzene rings is 1. The van der Waals surface area contributed by atoms with E-state index in [0.29, 0.717) is 5.75 Å². The third-order valence-electron chi connectivity index (χ3n) is 2.15. The van der Waals surface area contributed by atoms with Gasteiger partial charge in [0, 0.05) is 10.6 Å². The van der Waals surface area contributed by atoms with Crippen LogP contribution in [0.2, 0.25) is 5.02 Å². The van der Waals surface area contributed by atoms with Gasteiger partial charge in [-0.25, -0.2) is 0 Å². The lowest BCUT2D eigenvalue weighted by atomic mass is 10.1. The number of nitriles is 1. The van der Waals surface area contributed by atoms with E-state index < -0.39 is 5.54 Å². The number of hydrogen-bond acceptors (Lipinski definition) is 3. The third kappa shape index (κ3) is 3.42. The quantitative estimate of drug-likeness (QED) is 0.822. The van der Waals surface area contributed by atoms with Crippen LogP contribution in [0, 0.1) is 11.3 Å². The van der Waals surface area contributed by atoms with Gasteiger partial charge in [0.25, 0.3) is 0 Å². The van der Waals surface area contributed by atoms with Gasteiger partial charge < -0.3 is 5.32 Å². The average molecular weight is 241 g/mol. The summed E-state index contributed by atoms with van der Waals surface area (Å²) in [6.07, 6.45) is 0. The van der Waals surface area contributed by atoms with Crippen LogP contribution in [0.5, 0.6) is 0 Å². The van der Waals surface area contributed by atoms with E-state index in [1.807, 2.05) is 31.2 Å². The summed E-state index contributed by atoms with van der Waals surface area (Å²) in [7, 11) is 1.79. The molecule has 0 radical (unpaired) electrons. The highest BCUT2D eigenvalue weighted by Gasteiger charge is 2.21. The number of nitrogens with zero attached hydrogens (tertiary/aromatic N) is 1. The second-order valence-electron chi connectivity index (χ2n) is 3.41. The molecule has 1 aromatic carbocycles. The Morgan fingerprint density at radius 3 is 2.73 bits per heavy atom. The SMILES string of the molecule is CNC(C)(C#N)CSc1ccccc1Cl. The highest BCUT2D eigenvalue weighted by Crippen LogP contribution is 2.28. The molecule has 0 saturated carbocycles. The molecule has 4 heteroatoms. The summed E-state index contributed by atoms with van der Waals surface area (Å²) in [6, 6.07) is 9.89. The molecule has 15 heavy (non-hydrogen) atoms. The van der Waals surface area contributed by atoms with Crippen LogP contribution in [0.4, 0.5) is 0 Å². The molecule has 0 saturated heterocycles. The van der Waals surface area contributed by atoms with E-state index >= 15 is 0 Å². The van der Waals surface area contributed by atoms with Gasteiger partial charge in [-0.05, 0) is 26.1 Å². The zero-order valence-electron chi connectivity index (χ0n) is 8.75. The fourth-order valence-electron chi connectivity index (χ4n) is 0.944. The van der Waals surface area contributed by atoms with Crippen molar-refractivity contribution in [3.63, 3.8) is 0 Å². The van der Waals surface area contributed by atoms with Crippen LogP contribution in [0.25, 0.3) is 0 Å². The monoisotopic (exact) mass is 240 g/mol. The Morgan fingerprint density at radius 2 is 2.20 bits per heavy atom. The first-order valence-electron chi connectivity index (χ1n) is 4.59. The van der Waals surface area contributed by atoms with Crippen LogP contribution in [-0.2, 0) is 0 Å². The zero-order chi connectivity index (χ0) is 11.3. The van der Waals surface area contributed by atoms with Crippen LogP contribution >= 0.6 is 23.4 Å².